The number of rotatable bonds is 11. The zero-order valence-corrected chi connectivity index (χ0v) is 26.0. The molecule has 14 heteroatoms. The van der Waals surface area contributed by atoms with E-state index in [0.29, 0.717) is 12.8 Å². The molecule has 3 unspecified atom stereocenters. The number of hydrogen-bond donors (Lipinski definition) is 0. The van der Waals surface area contributed by atoms with Gasteiger partial charge in [0.05, 0.1) is 22.6 Å². The van der Waals surface area contributed by atoms with Gasteiger partial charge in [0, 0.05) is 44.8 Å². The number of unbranched alkanes of at least 4 members (excludes halogenated alkanes) is 3. The van der Waals surface area contributed by atoms with Gasteiger partial charge in [-0.3, -0.25) is 14.4 Å². The highest BCUT2D eigenvalue weighted by atomic mass is 16.6. The number of carbonyl (C=O) groups is 8. The van der Waals surface area contributed by atoms with Gasteiger partial charge < -0.3 is 28.4 Å². The molecule has 46 heavy (non-hydrogen) atoms. The van der Waals surface area contributed by atoms with E-state index in [1.807, 2.05) is 6.92 Å². The highest BCUT2D eigenvalue weighted by Gasteiger charge is 2.54. The van der Waals surface area contributed by atoms with Crippen molar-refractivity contribution in [3.63, 3.8) is 0 Å². The van der Waals surface area contributed by atoms with E-state index in [0.717, 1.165) is 33.6 Å². The zero-order chi connectivity index (χ0) is 33.7. The van der Waals surface area contributed by atoms with Crippen LogP contribution in [0.15, 0.2) is 34.4 Å². The third-order valence-electron chi connectivity index (χ3n) is 8.21. The van der Waals surface area contributed by atoms with E-state index in [1.165, 1.54) is 12.2 Å². The Kier molecular flexibility index (Phi) is 10.9. The molecular weight excluding hydrogens is 608 g/mol. The Labute approximate surface area is 264 Å². The largest absolute Gasteiger partial charge is 0.462 e. The summed E-state index contributed by atoms with van der Waals surface area (Å²) < 4.78 is 32.4. The second-order valence-electron chi connectivity index (χ2n) is 11.5. The Morgan fingerprint density at radius 3 is 1.98 bits per heavy atom. The lowest BCUT2D eigenvalue weighted by molar-refractivity contribution is -0.169. The van der Waals surface area contributed by atoms with E-state index >= 15 is 0 Å². The fraction of sp³-hybridized carbons (Fsp3) is 0.562. The van der Waals surface area contributed by atoms with Crippen molar-refractivity contribution >= 4 is 47.8 Å². The van der Waals surface area contributed by atoms with Crippen LogP contribution in [0.25, 0.3) is 0 Å². The van der Waals surface area contributed by atoms with Crippen LogP contribution in [0.4, 0.5) is 0 Å². The molecule has 14 nitrogen and oxygen atoms in total. The third kappa shape index (κ3) is 7.60. The van der Waals surface area contributed by atoms with Gasteiger partial charge in [-0.2, -0.15) is 0 Å². The first kappa shape index (κ1) is 34.3. The highest BCUT2D eigenvalue weighted by molar-refractivity contribution is 6.15. The summed E-state index contributed by atoms with van der Waals surface area (Å²) in [7, 11) is 0. The van der Waals surface area contributed by atoms with Gasteiger partial charge in [0.1, 0.15) is 24.4 Å². The average molecular weight is 645 g/mol. The fourth-order valence-corrected chi connectivity index (χ4v) is 6.43. The molecule has 3 heterocycles. The van der Waals surface area contributed by atoms with Crippen LogP contribution in [0, 0.1) is 11.8 Å². The lowest BCUT2D eigenvalue weighted by Crippen LogP contribution is -2.42. The molecule has 0 radical (unpaired) electrons. The summed E-state index contributed by atoms with van der Waals surface area (Å²) in [5, 5.41) is 0. The minimum Gasteiger partial charge on any atom is -0.462 e. The van der Waals surface area contributed by atoms with Gasteiger partial charge >= 0.3 is 47.8 Å². The molecule has 0 fully saturated rings. The maximum absolute atomic E-state index is 13.5. The number of hydrogen-bond acceptors (Lipinski definition) is 14. The topological polar surface area (TPSA) is 192 Å². The molecule has 0 spiro atoms. The molecule has 6 atom stereocenters. The average Bonchev–Trinajstić information content (AvgIpc) is 3.41. The highest BCUT2D eigenvalue weighted by Crippen LogP contribution is 2.45. The Balaban J connectivity index is 1.98. The van der Waals surface area contributed by atoms with Gasteiger partial charge in [0.2, 0.25) is 0 Å². The predicted octanol–water partition coefficient (Wildman–Crippen LogP) is 2.41. The van der Waals surface area contributed by atoms with Crippen LogP contribution in [0.3, 0.4) is 0 Å². The lowest BCUT2D eigenvalue weighted by atomic mass is 9.79. The van der Waals surface area contributed by atoms with Crippen molar-refractivity contribution in [1.82, 2.24) is 0 Å². The first-order valence-corrected chi connectivity index (χ1v) is 15.2. The number of esters is 8. The van der Waals surface area contributed by atoms with Gasteiger partial charge in [0.25, 0.3) is 0 Å². The molecule has 0 N–H and O–H groups in total. The molecule has 0 aromatic heterocycles. The summed E-state index contributed by atoms with van der Waals surface area (Å²) in [5.74, 6) is -10.1. The Morgan fingerprint density at radius 2 is 1.41 bits per heavy atom. The monoisotopic (exact) mass is 644 g/mol. The summed E-state index contributed by atoms with van der Waals surface area (Å²) >= 11 is 0. The normalized spacial score (nSPS) is 25.7. The molecule has 0 bridgehead atoms. The van der Waals surface area contributed by atoms with E-state index in [9.17, 15) is 38.4 Å². The van der Waals surface area contributed by atoms with Gasteiger partial charge in [-0.1, -0.05) is 32.3 Å². The molecule has 0 saturated carbocycles. The van der Waals surface area contributed by atoms with Crippen molar-refractivity contribution in [2.75, 3.05) is 0 Å². The maximum atomic E-state index is 13.5. The van der Waals surface area contributed by atoms with E-state index < -0.39 is 89.6 Å². The lowest BCUT2D eigenvalue weighted by Gasteiger charge is -2.33. The second-order valence-corrected chi connectivity index (χ2v) is 11.5. The van der Waals surface area contributed by atoms with E-state index in [-0.39, 0.29) is 42.4 Å². The maximum Gasteiger partial charge on any atom is 0.346 e. The summed E-state index contributed by atoms with van der Waals surface area (Å²) in [6.45, 7) is 5.30. The predicted molar refractivity (Wildman–Crippen MR) is 152 cm³/mol. The van der Waals surface area contributed by atoms with Crippen molar-refractivity contribution in [2.45, 2.75) is 103 Å². The minimum absolute atomic E-state index is 0.107. The smallest absolute Gasteiger partial charge is 0.346 e. The Bertz CT molecular complexity index is 1430. The third-order valence-corrected chi connectivity index (χ3v) is 8.21. The molecule has 0 saturated heterocycles. The molecule has 4 aliphatic rings. The van der Waals surface area contributed by atoms with Crippen LogP contribution in [-0.4, -0.2) is 72.2 Å². The van der Waals surface area contributed by atoms with Crippen LogP contribution in [-0.2, 0) is 66.8 Å². The van der Waals surface area contributed by atoms with E-state index in [1.54, 1.807) is 0 Å². The second kappa shape index (κ2) is 14.6. The summed E-state index contributed by atoms with van der Waals surface area (Å²) in [6.07, 6.45) is -0.142. The van der Waals surface area contributed by atoms with Crippen molar-refractivity contribution in [1.29, 1.82) is 0 Å². The number of carbonyl (C=O) groups excluding carboxylic acids is 8. The SMILES string of the molecule is CCCCCC[C@@H](OC(C)=O)C1C2=C(CC([C@H](OC(C)=O)C3CC=CC(=O)O3)CC3=C(C(=O)OC3=O)[C@@H]1OC(C)=O)C(=O)OC2=O. The molecular formula is C32H36O14. The first-order valence-electron chi connectivity index (χ1n) is 15.2. The molecule has 248 valence electrons. The molecule has 4 rings (SSSR count). The summed E-state index contributed by atoms with van der Waals surface area (Å²) in [4.78, 5) is 103. The number of ether oxygens (including phenoxy) is 6. The van der Waals surface area contributed by atoms with Crippen LogP contribution in [0.1, 0.15) is 79.1 Å². The summed E-state index contributed by atoms with van der Waals surface area (Å²) in [6, 6.07) is 0. The molecule has 0 aromatic carbocycles. The van der Waals surface area contributed by atoms with Gasteiger partial charge in [0.15, 0.2) is 0 Å². The van der Waals surface area contributed by atoms with Crippen LogP contribution >= 0.6 is 0 Å². The Hall–Kier alpha value is -4.62. The minimum atomic E-state index is -1.72. The quantitative estimate of drug-likeness (QED) is 0.138. The van der Waals surface area contributed by atoms with Crippen LogP contribution in [0.5, 0.6) is 0 Å². The Morgan fingerprint density at radius 1 is 0.804 bits per heavy atom. The number of cyclic esters (lactones) is 5. The van der Waals surface area contributed by atoms with Crippen LogP contribution in [0.2, 0.25) is 0 Å². The molecule has 0 aromatic rings. The molecule has 1 aliphatic carbocycles. The van der Waals surface area contributed by atoms with Crippen molar-refractivity contribution in [3.8, 4) is 0 Å². The zero-order valence-electron chi connectivity index (χ0n) is 26.0. The van der Waals surface area contributed by atoms with Gasteiger partial charge in [-0.05, 0) is 25.7 Å². The molecule has 0 amide bonds. The van der Waals surface area contributed by atoms with Crippen molar-refractivity contribution < 1.29 is 66.8 Å². The standard InChI is InChI=1S/C32H36O14/c1-5-6-7-8-10-21(41-15(2)33)26-24-19(29(37)45-31(24)39)13-18(27(42-16(3)34)22-11-9-12-23(36)44-22)14-20-25(28(26)43-17(4)35)32(40)46-30(20)38/h9,12,18,21-22,26-28H,5-8,10-11,13-14H2,1-4H3/t18?,21-,22?,26?,27+,28+/m1/s1. The van der Waals surface area contributed by atoms with E-state index in [4.69, 9.17) is 28.4 Å². The van der Waals surface area contributed by atoms with E-state index in [2.05, 4.69) is 0 Å². The van der Waals surface area contributed by atoms with Crippen molar-refractivity contribution in [3.05, 3.63) is 34.4 Å². The first-order chi connectivity index (χ1) is 21.8. The van der Waals surface area contributed by atoms with Gasteiger partial charge in [-0.15, -0.1) is 0 Å². The van der Waals surface area contributed by atoms with Crippen molar-refractivity contribution in [2.24, 2.45) is 11.8 Å². The van der Waals surface area contributed by atoms with Gasteiger partial charge in [-0.25, -0.2) is 24.0 Å². The molecule has 3 aliphatic heterocycles. The van der Waals surface area contributed by atoms with Crippen LogP contribution < -0.4 is 0 Å². The fourth-order valence-electron chi connectivity index (χ4n) is 6.43. The summed E-state index contributed by atoms with van der Waals surface area (Å²) in [5.41, 5.74) is -1.19.